The van der Waals surface area contributed by atoms with E-state index in [4.69, 9.17) is 5.73 Å². The van der Waals surface area contributed by atoms with E-state index in [9.17, 15) is 9.59 Å². The Hall–Kier alpha value is -1.14. The summed E-state index contributed by atoms with van der Waals surface area (Å²) in [7, 11) is 0. The quantitative estimate of drug-likeness (QED) is 0.580. The number of piperazine rings is 1. The summed E-state index contributed by atoms with van der Waals surface area (Å²) in [5.74, 6) is -0.830. The van der Waals surface area contributed by atoms with Gasteiger partial charge >= 0.3 is 11.8 Å². The van der Waals surface area contributed by atoms with Gasteiger partial charge in [-0.15, -0.1) is 0 Å². The van der Waals surface area contributed by atoms with Crippen LogP contribution in [0.15, 0.2) is 0 Å². The zero-order valence-corrected chi connectivity index (χ0v) is 10.0. The molecule has 2 rings (SSSR count). The molecule has 1 aliphatic heterocycles. The summed E-state index contributed by atoms with van der Waals surface area (Å²) in [6.45, 7) is 4.35. The Bertz CT molecular complexity index is 296. The molecule has 3 N–H and O–H groups in total. The predicted octanol–water partition coefficient (Wildman–Crippen LogP) is -1.63. The maximum atomic E-state index is 11.8. The summed E-state index contributed by atoms with van der Waals surface area (Å²) >= 11 is 0. The predicted molar refractivity (Wildman–Crippen MR) is 63.2 cm³/mol. The molecule has 0 atom stereocenters. The fourth-order valence-corrected chi connectivity index (χ4v) is 1.98. The Labute approximate surface area is 101 Å². The van der Waals surface area contributed by atoms with E-state index in [1.54, 1.807) is 4.90 Å². The maximum absolute atomic E-state index is 11.8. The Morgan fingerprint density at radius 1 is 1.18 bits per heavy atom. The summed E-state index contributed by atoms with van der Waals surface area (Å²) in [4.78, 5) is 27.2. The fraction of sp³-hybridized carbons (Fsp3) is 0.818. The molecule has 2 amide bonds. The van der Waals surface area contributed by atoms with Gasteiger partial charge in [0.2, 0.25) is 0 Å². The van der Waals surface area contributed by atoms with Crippen LogP contribution in [0, 0.1) is 0 Å². The molecule has 6 nitrogen and oxygen atoms in total. The SMILES string of the molecule is NCCN1CCN(C(=O)C(=O)NC2CC2)CC1. The third-order valence-electron chi connectivity index (χ3n) is 3.21. The molecule has 2 fully saturated rings. The van der Waals surface area contributed by atoms with E-state index in [-0.39, 0.29) is 11.9 Å². The minimum atomic E-state index is -0.445. The van der Waals surface area contributed by atoms with Gasteiger partial charge < -0.3 is 16.0 Å². The highest BCUT2D eigenvalue weighted by Gasteiger charge is 2.30. The number of hydrogen-bond donors (Lipinski definition) is 2. The van der Waals surface area contributed by atoms with Crippen molar-refractivity contribution in [3.8, 4) is 0 Å². The Morgan fingerprint density at radius 3 is 2.35 bits per heavy atom. The average molecular weight is 240 g/mol. The van der Waals surface area contributed by atoms with Gasteiger partial charge in [0.25, 0.3) is 0 Å². The van der Waals surface area contributed by atoms with Gasteiger partial charge in [0.1, 0.15) is 0 Å². The Morgan fingerprint density at radius 2 is 1.82 bits per heavy atom. The van der Waals surface area contributed by atoms with E-state index < -0.39 is 5.91 Å². The van der Waals surface area contributed by atoms with Crippen molar-refractivity contribution in [2.24, 2.45) is 5.73 Å². The van der Waals surface area contributed by atoms with Crippen molar-refractivity contribution < 1.29 is 9.59 Å². The van der Waals surface area contributed by atoms with Gasteiger partial charge in [-0.25, -0.2) is 0 Å². The first-order chi connectivity index (χ1) is 8.20. The van der Waals surface area contributed by atoms with Crippen molar-refractivity contribution in [3.05, 3.63) is 0 Å². The maximum Gasteiger partial charge on any atom is 0.311 e. The number of amides is 2. The first-order valence-electron chi connectivity index (χ1n) is 6.23. The van der Waals surface area contributed by atoms with Crippen LogP contribution in [0.5, 0.6) is 0 Å². The molecule has 6 heteroatoms. The van der Waals surface area contributed by atoms with Crippen LogP contribution in [-0.2, 0) is 9.59 Å². The monoisotopic (exact) mass is 240 g/mol. The number of carbonyl (C=O) groups is 2. The van der Waals surface area contributed by atoms with Crippen LogP contribution >= 0.6 is 0 Å². The lowest BCUT2D eigenvalue weighted by Gasteiger charge is -2.34. The van der Waals surface area contributed by atoms with Gasteiger partial charge in [0.15, 0.2) is 0 Å². The lowest BCUT2D eigenvalue weighted by molar-refractivity contribution is -0.147. The van der Waals surface area contributed by atoms with Crippen molar-refractivity contribution in [1.29, 1.82) is 0 Å². The van der Waals surface area contributed by atoms with E-state index in [0.29, 0.717) is 19.6 Å². The number of nitrogens with one attached hydrogen (secondary N) is 1. The van der Waals surface area contributed by atoms with Crippen LogP contribution in [0.1, 0.15) is 12.8 Å². The number of nitrogens with zero attached hydrogens (tertiary/aromatic N) is 2. The molecule has 1 saturated carbocycles. The van der Waals surface area contributed by atoms with Gasteiger partial charge in [-0.05, 0) is 12.8 Å². The van der Waals surface area contributed by atoms with Crippen LogP contribution < -0.4 is 11.1 Å². The molecule has 0 unspecified atom stereocenters. The molecule has 0 radical (unpaired) electrons. The lowest BCUT2D eigenvalue weighted by Crippen LogP contribution is -2.53. The summed E-state index contributed by atoms with van der Waals surface area (Å²) in [6.07, 6.45) is 2.01. The topological polar surface area (TPSA) is 78.7 Å². The van der Waals surface area contributed by atoms with Gasteiger partial charge in [-0.2, -0.15) is 0 Å². The van der Waals surface area contributed by atoms with E-state index >= 15 is 0 Å². The van der Waals surface area contributed by atoms with Crippen LogP contribution in [0.3, 0.4) is 0 Å². The molecule has 0 aromatic rings. The summed E-state index contributed by atoms with van der Waals surface area (Å²) in [5, 5.41) is 2.72. The molecule has 2 aliphatic rings. The van der Waals surface area contributed by atoms with Crippen molar-refractivity contribution in [1.82, 2.24) is 15.1 Å². The molecule has 1 saturated heterocycles. The molecular weight excluding hydrogens is 220 g/mol. The lowest BCUT2D eigenvalue weighted by atomic mass is 10.3. The van der Waals surface area contributed by atoms with Gasteiger partial charge in [0, 0.05) is 45.3 Å². The smallest absolute Gasteiger partial charge is 0.311 e. The van der Waals surface area contributed by atoms with Crippen molar-refractivity contribution >= 4 is 11.8 Å². The minimum Gasteiger partial charge on any atom is -0.345 e. The third-order valence-corrected chi connectivity index (χ3v) is 3.21. The van der Waals surface area contributed by atoms with Crippen LogP contribution in [0.25, 0.3) is 0 Å². The van der Waals surface area contributed by atoms with Gasteiger partial charge in [0.05, 0.1) is 0 Å². The number of hydrogen-bond acceptors (Lipinski definition) is 4. The molecule has 17 heavy (non-hydrogen) atoms. The van der Waals surface area contributed by atoms with Crippen molar-refractivity contribution in [2.75, 3.05) is 39.3 Å². The fourth-order valence-electron chi connectivity index (χ4n) is 1.98. The van der Waals surface area contributed by atoms with E-state index in [0.717, 1.165) is 32.5 Å². The molecule has 1 aliphatic carbocycles. The average Bonchev–Trinajstić information content (AvgIpc) is 3.13. The van der Waals surface area contributed by atoms with Gasteiger partial charge in [-0.3, -0.25) is 14.5 Å². The highest BCUT2D eigenvalue weighted by Crippen LogP contribution is 2.18. The molecule has 0 aromatic carbocycles. The summed E-state index contributed by atoms with van der Waals surface area (Å²) in [5.41, 5.74) is 5.48. The summed E-state index contributed by atoms with van der Waals surface area (Å²) in [6, 6.07) is 0.241. The normalized spacial score (nSPS) is 21.4. The zero-order chi connectivity index (χ0) is 12.3. The number of carbonyl (C=O) groups excluding carboxylic acids is 2. The first-order valence-corrected chi connectivity index (χ1v) is 6.23. The standard InChI is InChI=1S/C11H20N4O2/c12-3-4-14-5-7-15(8-6-14)11(17)10(16)13-9-1-2-9/h9H,1-8,12H2,(H,13,16). The Kier molecular flexibility index (Phi) is 3.96. The second-order valence-electron chi connectivity index (χ2n) is 4.67. The van der Waals surface area contributed by atoms with E-state index in [2.05, 4.69) is 10.2 Å². The molecule has 0 spiro atoms. The van der Waals surface area contributed by atoms with E-state index in [1.807, 2.05) is 0 Å². The van der Waals surface area contributed by atoms with Crippen LogP contribution in [0.4, 0.5) is 0 Å². The highest BCUT2D eigenvalue weighted by atomic mass is 16.2. The van der Waals surface area contributed by atoms with Crippen LogP contribution in [0.2, 0.25) is 0 Å². The molecule has 96 valence electrons. The minimum absolute atomic E-state index is 0.241. The molecule has 0 aromatic heterocycles. The van der Waals surface area contributed by atoms with Crippen molar-refractivity contribution in [2.45, 2.75) is 18.9 Å². The number of nitrogens with two attached hydrogens (primary N) is 1. The first kappa shape index (κ1) is 12.3. The van der Waals surface area contributed by atoms with E-state index in [1.165, 1.54) is 0 Å². The molecule has 1 heterocycles. The zero-order valence-electron chi connectivity index (χ0n) is 10.0. The molecule has 0 bridgehead atoms. The summed E-state index contributed by atoms with van der Waals surface area (Å²) < 4.78 is 0. The third kappa shape index (κ3) is 3.41. The van der Waals surface area contributed by atoms with Crippen LogP contribution in [-0.4, -0.2) is 66.9 Å². The second-order valence-corrected chi connectivity index (χ2v) is 4.67. The second kappa shape index (κ2) is 5.46. The largest absolute Gasteiger partial charge is 0.345 e. The molecular formula is C11H20N4O2. The van der Waals surface area contributed by atoms with Crippen molar-refractivity contribution in [3.63, 3.8) is 0 Å². The van der Waals surface area contributed by atoms with Gasteiger partial charge in [-0.1, -0.05) is 0 Å². The number of rotatable bonds is 3. The highest BCUT2D eigenvalue weighted by molar-refractivity contribution is 6.35. The Balaban J connectivity index is 1.75.